The normalized spacial score (nSPS) is 14.0. The lowest BCUT2D eigenvalue weighted by Gasteiger charge is -2.06. The highest BCUT2D eigenvalue weighted by atomic mass is 16.2. The second-order valence-corrected chi connectivity index (χ2v) is 3.40. The molecule has 1 heterocycles. The first kappa shape index (κ1) is 9.41. The van der Waals surface area contributed by atoms with Crippen LogP contribution in [0.1, 0.15) is 26.3 Å². The SMILES string of the molecule is Cc1ccc2c(c1)C(=O)N(CC#N)C2=O. The van der Waals surface area contributed by atoms with Gasteiger partial charge in [0.1, 0.15) is 6.54 Å². The number of rotatable bonds is 1. The van der Waals surface area contributed by atoms with Crippen LogP contribution in [0.5, 0.6) is 0 Å². The molecular weight excluding hydrogens is 192 g/mol. The van der Waals surface area contributed by atoms with Crippen LogP contribution in [-0.2, 0) is 0 Å². The number of nitriles is 1. The molecule has 1 aromatic rings. The molecule has 74 valence electrons. The fourth-order valence-corrected chi connectivity index (χ4v) is 1.62. The summed E-state index contributed by atoms with van der Waals surface area (Å²) >= 11 is 0. The molecule has 0 atom stereocenters. The molecule has 2 amide bonds. The minimum Gasteiger partial charge on any atom is -0.269 e. The van der Waals surface area contributed by atoms with Crippen molar-refractivity contribution in [1.82, 2.24) is 4.90 Å². The van der Waals surface area contributed by atoms with Crippen LogP contribution >= 0.6 is 0 Å². The Morgan fingerprint density at radius 3 is 2.60 bits per heavy atom. The first-order valence-corrected chi connectivity index (χ1v) is 4.49. The Balaban J connectivity index is 2.52. The van der Waals surface area contributed by atoms with Gasteiger partial charge in [0.05, 0.1) is 17.2 Å². The highest BCUT2D eigenvalue weighted by molar-refractivity contribution is 6.21. The predicted molar refractivity (Wildman–Crippen MR) is 52.2 cm³/mol. The fourth-order valence-electron chi connectivity index (χ4n) is 1.62. The van der Waals surface area contributed by atoms with Gasteiger partial charge in [-0.05, 0) is 19.1 Å². The van der Waals surface area contributed by atoms with Crippen molar-refractivity contribution in [3.63, 3.8) is 0 Å². The molecule has 1 aromatic carbocycles. The van der Waals surface area contributed by atoms with Gasteiger partial charge in [-0.3, -0.25) is 14.5 Å². The van der Waals surface area contributed by atoms with Gasteiger partial charge in [-0.1, -0.05) is 11.6 Å². The van der Waals surface area contributed by atoms with E-state index in [4.69, 9.17) is 5.26 Å². The zero-order valence-corrected chi connectivity index (χ0v) is 8.15. The zero-order valence-electron chi connectivity index (χ0n) is 8.15. The van der Waals surface area contributed by atoms with Crippen LogP contribution in [0.15, 0.2) is 18.2 Å². The number of aryl methyl sites for hydroxylation is 1. The maximum absolute atomic E-state index is 11.7. The van der Waals surface area contributed by atoms with Crippen LogP contribution < -0.4 is 0 Å². The van der Waals surface area contributed by atoms with Crippen LogP contribution in [0.2, 0.25) is 0 Å². The number of amides is 2. The number of carbonyl (C=O) groups excluding carboxylic acids is 2. The summed E-state index contributed by atoms with van der Waals surface area (Å²) in [6.45, 7) is 1.66. The molecule has 0 spiro atoms. The summed E-state index contributed by atoms with van der Waals surface area (Å²) in [5.74, 6) is -0.753. The van der Waals surface area contributed by atoms with Crippen LogP contribution in [0.25, 0.3) is 0 Å². The van der Waals surface area contributed by atoms with Gasteiger partial charge >= 0.3 is 0 Å². The Hall–Kier alpha value is -2.15. The van der Waals surface area contributed by atoms with Gasteiger partial charge in [0, 0.05) is 0 Å². The maximum Gasteiger partial charge on any atom is 0.262 e. The third-order valence-corrected chi connectivity index (χ3v) is 2.36. The zero-order chi connectivity index (χ0) is 11.0. The molecule has 0 saturated heterocycles. The number of hydrogen-bond acceptors (Lipinski definition) is 3. The summed E-state index contributed by atoms with van der Waals surface area (Å²) in [5, 5.41) is 8.50. The Kier molecular flexibility index (Phi) is 2.01. The van der Waals surface area contributed by atoms with Gasteiger partial charge in [-0.25, -0.2) is 0 Å². The van der Waals surface area contributed by atoms with E-state index in [0.29, 0.717) is 11.1 Å². The number of carbonyl (C=O) groups is 2. The molecule has 0 fully saturated rings. The Bertz CT molecular complexity index is 500. The fraction of sp³-hybridized carbons (Fsp3) is 0.182. The molecule has 0 bridgehead atoms. The molecule has 0 aliphatic carbocycles. The van der Waals surface area contributed by atoms with E-state index in [0.717, 1.165) is 10.5 Å². The number of benzene rings is 1. The molecule has 2 rings (SSSR count). The summed E-state index contributed by atoms with van der Waals surface area (Å²) in [6, 6.07) is 6.88. The summed E-state index contributed by atoms with van der Waals surface area (Å²) in [5.41, 5.74) is 1.71. The van der Waals surface area contributed by atoms with Gasteiger partial charge in [0.25, 0.3) is 11.8 Å². The highest BCUT2D eigenvalue weighted by Gasteiger charge is 2.34. The molecule has 15 heavy (non-hydrogen) atoms. The average molecular weight is 200 g/mol. The monoisotopic (exact) mass is 200 g/mol. The Morgan fingerprint density at radius 1 is 1.27 bits per heavy atom. The second kappa shape index (κ2) is 3.21. The van der Waals surface area contributed by atoms with Crippen molar-refractivity contribution >= 4 is 11.8 Å². The summed E-state index contributed by atoms with van der Waals surface area (Å²) in [7, 11) is 0. The largest absolute Gasteiger partial charge is 0.269 e. The molecule has 0 saturated carbocycles. The van der Waals surface area contributed by atoms with E-state index >= 15 is 0 Å². The highest BCUT2D eigenvalue weighted by Crippen LogP contribution is 2.23. The third kappa shape index (κ3) is 1.29. The van der Waals surface area contributed by atoms with E-state index < -0.39 is 0 Å². The van der Waals surface area contributed by atoms with Crippen molar-refractivity contribution in [2.24, 2.45) is 0 Å². The van der Waals surface area contributed by atoms with Crippen molar-refractivity contribution in [3.05, 3.63) is 34.9 Å². The van der Waals surface area contributed by atoms with Crippen molar-refractivity contribution in [2.75, 3.05) is 6.54 Å². The van der Waals surface area contributed by atoms with E-state index in [1.807, 2.05) is 6.92 Å². The van der Waals surface area contributed by atoms with Gasteiger partial charge < -0.3 is 0 Å². The summed E-state index contributed by atoms with van der Waals surface area (Å²) < 4.78 is 0. The maximum atomic E-state index is 11.7. The first-order chi connectivity index (χ1) is 7.15. The minimum atomic E-state index is -0.378. The lowest BCUT2D eigenvalue weighted by atomic mass is 10.1. The minimum absolute atomic E-state index is 0.189. The van der Waals surface area contributed by atoms with Crippen molar-refractivity contribution in [2.45, 2.75) is 6.92 Å². The Labute approximate surface area is 86.7 Å². The number of nitrogens with zero attached hydrogens (tertiary/aromatic N) is 2. The van der Waals surface area contributed by atoms with Crippen LogP contribution in [0.4, 0.5) is 0 Å². The van der Waals surface area contributed by atoms with Gasteiger partial charge in [0.2, 0.25) is 0 Å². The van der Waals surface area contributed by atoms with E-state index in [9.17, 15) is 9.59 Å². The smallest absolute Gasteiger partial charge is 0.262 e. The molecule has 0 N–H and O–H groups in total. The lowest BCUT2D eigenvalue weighted by Crippen LogP contribution is -2.29. The van der Waals surface area contributed by atoms with Crippen molar-refractivity contribution in [3.8, 4) is 6.07 Å². The van der Waals surface area contributed by atoms with Crippen molar-refractivity contribution < 1.29 is 9.59 Å². The molecule has 0 radical (unpaired) electrons. The van der Waals surface area contributed by atoms with E-state index in [1.165, 1.54) is 0 Å². The molecule has 0 aromatic heterocycles. The van der Waals surface area contributed by atoms with Crippen LogP contribution in [0.3, 0.4) is 0 Å². The lowest BCUT2D eigenvalue weighted by molar-refractivity contribution is 0.0674. The third-order valence-electron chi connectivity index (χ3n) is 2.36. The summed E-state index contributed by atoms with van der Waals surface area (Å²) in [4.78, 5) is 24.3. The standard InChI is InChI=1S/C11H8N2O2/c1-7-2-3-8-9(6-7)11(15)13(5-4-12)10(8)14/h2-3,6H,5H2,1H3. The number of imide groups is 1. The number of fused-ring (bicyclic) bond motifs is 1. The van der Waals surface area contributed by atoms with Crippen LogP contribution in [0, 0.1) is 18.3 Å². The molecule has 0 unspecified atom stereocenters. The van der Waals surface area contributed by atoms with Crippen molar-refractivity contribution in [1.29, 1.82) is 5.26 Å². The molecule has 4 heteroatoms. The van der Waals surface area contributed by atoms with Gasteiger partial charge in [-0.15, -0.1) is 0 Å². The molecule has 4 nitrogen and oxygen atoms in total. The second-order valence-electron chi connectivity index (χ2n) is 3.40. The molecule has 1 aliphatic heterocycles. The van der Waals surface area contributed by atoms with Crippen LogP contribution in [-0.4, -0.2) is 23.3 Å². The number of hydrogen-bond donors (Lipinski definition) is 0. The first-order valence-electron chi connectivity index (χ1n) is 4.49. The quantitative estimate of drug-likeness (QED) is 0.504. The van der Waals surface area contributed by atoms with E-state index in [2.05, 4.69) is 0 Å². The Morgan fingerprint density at radius 2 is 1.93 bits per heavy atom. The molecular formula is C11H8N2O2. The summed E-state index contributed by atoms with van der Waals surface area (Å²) in [6.07, 6.45) is 0. The predicted octanol–water partition coefficient (Wildman–Crippen LogP) is 1.11. The topological polar surface area (TPSA) is 61.2 Å². The van der Waals surface area contributed by atoms with Gasteiger partial charge in [0.15, 0.2) is 0 Å². The molecule has 1 aliphatic rings. The van der Waals surface area contributed by atoms with E-state index in [-0.39, 0.29) is 18.4 Å². The van der Waals surface area contributed by atoms with Gasteiger partial charge in [-0.2, -0.15) is 5.26 Å². The average Bonchev–Trinajstić information content (AvgIpc) is 2.44. The van der Waals surface area contributed by atoms with E-state index in [1.54, 1.807) is 24.3 Å².